The van der Waals surface area contributed by atoms with Crippen LogP contribution in [-0.4, -0.2) is 26.4 Å². The van der Waals surface area contributed by atoms with Gasteiger partial charge in [-0.2, -0.15) is 0 Å². The molecule has 3 aromatic rings. The molecule has 1 N–H and O–H groups in total. The smallest absolute Gasteiger partial charge is 0.234 e. The molecule has 3 rings (SSSR count). The van der Waals surface area contributed by atoms with E-state index < -0.39 is 0 Å². The van der Waals surface area contributed by atoms with Gasteiger partial charge in [0.25, 0.3) is 0 Å². The summed E-state index contributed by atoms with van der Waals surface area (Å²) in [6.07, 6.45) is 0.721. The molecule has 0 saturated carbocycles. The highest BCUT2D eigenvalue weighted by molar-refractivity contribution is 7.99. The van der Waals surface area contributed by atoms with Crippen LogP contribution in [-0.2, 0) is 18.3 Å². The topological polar surface area (TPSA) is 59.8 Å². The van der Waals surface area contributed by atoms with Crippen LogP contribution in [0, 0.1) is 0 Å². The third-order valence-electron chi connectivity index (χ3n) is 4.32. The molecular weight excluding hydrogens is 356 g/mol. The summed E-state index contributed by atoms with van der Waals surface area (Å²) in [6.45, 7) is 4.24. The van der Waals surface area contributed by atoms with Crippen molar-refractivity contribution in [2.75, 3.05) is 11.1 Å². The van der Waals surface area contributed by atoms with Crippen LogP contribution in [0.2, 0.25) is 0 Å². The second-order valence-corrected chi connectivity index (χ2v) is 7.64. The number of hydrogen-bond acceptors (Lipinski definition) is 4. The van der Waals surface area contributed by atoms with Crippen molar-refractivity contribution in [3.63, 3.8) is 0 Å². The van der Waals surface area contributed by atoms with Crippen molar-refractivity contribution < 1.29 is 4.79 Å². The van der Waals surface area contributed by atoms with Gasteiger partial charge in [0.05, 0.1) is 5.75 Å². The maximum atomic E-state index is 12.4. The highest BCUT2D eigenvalue weighted by Gasteiger charge is 2.13. The Morgan fingerprint density at radius 2 is 1.78 bits per heavy atom. The summed E-state index contributed by atoms with van der Waals surface area (Å²) >= 11 is 1.40. The van der Waals surface area contributed by atoms with Gasteiger partial charge in [-0.25, -0.2) is 0 Å². The molecule has 0 aliphatic heterocycles. The van der Waals surface area contributed by atoms with Gasteiger partial charge >= 0.3 is 0 Å². The predicted molar refractivity (Wildman–Crippen MR) is 110 cm³/mol. The first-order valence-corrected chi connectivity index (χ1v) is 9.97. The van der Waals surface area contributed by atoms with Crippen LogP contribution in [0.5, 0.6) is 0 Å². The Hall–Kier alpha value is -2.60. The van der Waals surface area contributed by atoms with Gasteiger partial charge in [-0.05, 0) is 23.1 Å². The summed E-state index contributed by atoms with van der Waals surface area (Å²) in [6, 6.07) is 18.1. The number of carbonyl (C=O) groups is 1. The van der Waals surface area contributed by atoms with E-state index in [9.17, 15) is 4.79 Å². The van der Waals surface area contributed by atoms with Crippen LogP contribution < -0.4 is 5.32 Å². The zero-order valence-electron chi connectivity index (χ0n) is 15.8. The number of nitrogens with zero attached hydrogens (tertiary/aromatic N) is 3. The van der Waals surface area contributed by atoms with Crippen molar-refractivity contribution in [2.45, 2.75) is 31.3 Å². The lowest BCUT2D eigenvalue weighted by Crippen LogP contribution is -2.16. The average Bonchev–Trinajstić information content (AvgIpc) is 3.01. The van der Waals surface area contributed by atoms with Crippen LogP contribution in [0.4, 0.5) is 5.69 Å². The maximum Gasteiger partial charge on any atom is 0.234 e. The fourth-order valence-electron chi connectivity index (χ4n) is 2.83. The fourth-order valence-corrected chi connectivity index (χ4v) is 3.56. The number of para-hydroxylation sites is 1. The summed E-state index contributed by atoms with van der Waals surface area (Å²) in [7, 11) is 1.94. The molecule has 0 aliphatic rings. The lowest BCUT2D eigenvalue weighted by atomic mass is 10.0. The minimum absolute atomic E-state index is 0.0410. The van der Waals surface area contributed by atoms with Crippen LogP contribution in [0.1, 0.15) is 36.7 Å². The molecule has 27 heavy (non-hydrogen) atoms. The number of nitrogens with one attached hydrogen (secondary N) is 1. The van der Waals surface area contributed by atoms with E-state index in [0.29, 0.717) is 11.7 Å². The number of amides is 1. The van der Waals surface area contributed by atoms with E-state index in [4.69, 9.17) is 0 Å². The zero-order chi connectivity index (χ0) is 19.2. The van der Waals surface area contributed by atoms with Gasteiger partial charge in [-0.1, -0.05) is 74.1 Å². The second kappa shape index (κ2) is 8.86. The number of anilines is 1. The first-order valence-electron chi connectivity index (χ1n) is 8.98. The number of carbonyl (C=O) groups excluding carboxylic acids is 1. The summed E-state index contributed by atoms with van der Waals surface area (Å²) in [5.74, 6) is 1.49. The third-order valence-corrected chi connectivity index (χ3v) is 5.34. The molecule has 0 spiro atoms. The van der Waals surface area contributed by atoms with Gasteiger partial charge in [-0.3, -0.25) is 4.79 Å². The number of rotatable bonds is 7. The van der Waals surface area contributed by atoms with Crippen LogP contribution >= 0.6 is 11.8 Å². The normalized spacial score (nSPS) is 11.0. The van der Waals surface area contributed by atoms with Gasteiger partial charge in [0.15, 0.2) is 5.16 Å². The largest absolute Gasteiger partial charge is 0.325 e. The monoisotopic (exact) mass is 380 g/mol. The molecule has 0 aliphatic carbocycles. The van der Waals surface area contributed by atoms with E-state index in [1.165, 1.54) is 17.3 Å². The molecule has 0 bridgehead atoms. The SMILES string of the molecule is CC(C)c1ccccc1NC(=O)CSc1nnc(Cc2ccccc2)n1C. The quantitative estimate of drug-likeness (QED) is 0.622. The molecule has 6 heteroatoms. The molecule has 0 saturated heterocycles. The van der Waals surface area contributed by atoms with Gasteiger partial charge < -0.3 is 9.88 Å². The molecule has 1 amide bonds. The minimum Gasteiger partial charge on any atom is -0.325 e. The molecule has 1 heterocycles. The van der Waals surface area contributed by atoms with E-state index in [2.05, 4.69) is 41.5 Å². The third kappa shape index (κ3) is 4.98. The Labute approximate surface area is 164 Å². The summed E-state index contributed by atoms with van der Waals surface area (Å²) in [5.41, 5.74) is 3.20. The molecular formula is C21H24N4OS. The number of aromatic nitrogens is 3. The molecule has 0 radical (unpaired) electrons. The fraction of sp³-hybridized carbons (Fsp3) is 0.286. The molecule has 0 fully saturated rings. The highest BCUT2D eigenvalue weighted by atomic mass is 32.2. The van der Waals surface area contributed by atoms with Crippen LogP contribution in [0.3, 0.4) is 0 Å². The average molecular weight is 381 g/mol. The predicted octanol–water partition coefficient (Wildman–Crippen LogP) is 4.26. The van der Waals surface area contributed by atoms with E-state index in [1.54, 1.807) is 0 Å². The lowest BCUT2D eigenvalue weighted by molar-refractivity contribution is -0.113. The summed E-state index contributed by atoms with van der Waals surface area (Å²) in [5, 5.41) is 12.3. The van der Waals surface area contributed by atoms with Crippen LogP contribution in [0.25, 0.3) is 0 Å². The van der Waals surface area contributed by atoms with E-state index in [0.717, 1.165) is 28.7 Å². The van der Waals surface area contributed by atoms with E-state index in [1.807, 2.05) is 54.1 Å². The second-order valence-electron chi connectivity index (χ2n) is 6.70. The van der Waals surface area contributed by atoms with Crippen molar-refractivity contribution in [1.29, 1.82) is 0 Å². The Morgan fingerprint density at radius 3 is 2.52 bits per heavy atom. The number of benzene rings is 2. The van der Waals surface area contributed by atoms with Crippen molar-refractivity contribution in [2.24, 2.45) is 7.05 Å². The molecule has 5 nitrogen and oxygen atoms in total. The van der Waals surface area contributed by atoms with Gasteiger partial charge in [0.2, 0.25) is 5.91 Å². The van der Waals surface area contributed by atoms with E-state index >= 15 is 0 Å². The van der Waals surface area contributed by atoms with Crippen molar-refractivity contribution >= 4 is 23.4 Å². The first-order chi connectivity index (χ1) is 13.0. The van der Waals surface area contributed by atoms with E-state index in [-0.39, 0.29) is 5.91 Å². The van der Waals surface area contributed by atoms with Gasteiger partial charge in [-0.15, -0.1) is 10.2 Å². The summed E-state index contributed by atoms with van der Waals surface area (Å²) in [4.78, 5) is 12.4. The maximum absolute atomic E-state index is 12.4. The zero-order valence-corrected chi connectivity index (χ0v) is 16.7. The molecule has 1 aromatic heterocycles. The van der Waals surface area contributed by atoms with Crippen molar-refractivity contribution in [1.82, 2.24) is 14.8 Å². The highest BCUT2D eigenvalue weighted by Crippen LogP contribution is 2.24. The Kier molecular flexibility index (Phi) is 6.29. The lowest BCUT2D eigenvalue weighted by Gasteiger charge is -2.13. The van der Waals surface area contributed by atoms with Gasteiger partial charge in [0, 0.05) is 19.2 Å². The Morgan fingerprint density at radius 1 is 1.07 bits per heavy atom. The van der Waals surface area contributed by atoms with Crippen LogP contribution in [0.15, 0.2) is 59.8 Å². The standard InChI is InChI=1S/C21H24N4OS/c1-15(2)17-11-7-8-12-18(17)22-20(26)14-27-21-24-23-19(25(21)3)13-16-9-5-4-6-10-16/h4-12,15H,13-14H2,1-3H3,(H,22,26). The number of hydrogen-bond donors (Lipinski definition) is 1. The number of thioether (sulfide) groups is 1. The first kappa shape index (κ1) is 19.2. The summed E-state index contributed by atoms with van der Waals surface area (Å²) < 4.78 is 1.95. The Balaban J connectivity index is 1.60. The Bertz CT molecular complexity index is 906. The molecule has 140 valence electrons. The van der Waals surface area contributed by atoms with Gasteiger partial charge in [0.1, 0.15) is 5.82 Å². The molecule has 2 aromatic carbocycles. The molecule has 0 atom stereocenters. The minimum atomic E-state index is -0.0410. The van der Waals surface area contributed by atoms with Crippen molar-refractivity contribution in [3.05, 3.63) is 71.5 Å². The van der Waals surface area contributed by atoms with Crippen molar-refractivity contribution in [3.8, 4) is 0 Å². The molecule has 0 unspecified atom stereocenters.